The molecule has 0 radical (unpaired) electrons. The molecule has 0 fully saturated rings. The van der Waals surface area contributed by atoms with Gasteiger partial charge in [-0.25, -0.2) is 0 Å². The normalized spacial score (nSPS) is 12.2. The molecule has 0 aliphatic carbocycles. The Morgan fingerprint density at radius 2 is 2.00 bits per heavy atom. The maximum absolute atomic E-state index is 5.50. The largest absolute Gasteiger partial charge is 0.493 e. The molecule has 0 aliphatic rings. The lowest BCUT2D eigenvalue weighted by molar-refractivity contribution is 0.310. The van der Waals surface area contributed by atoms with E-state index in [2.05, 4.69) is 25.2 Å². The second-order valence-electron chi connectivity index (χ2n) is 4.49. The van der Waals surface area contributed by atoms with Crippen LogP contribution < -0.4 is 14.8 Å². The fraction of sp³-hybridized carbons (Fsp3) is 0.600. The molecule has 0 bridgehead atoms. The Labute approximate surface area is 110 Å². The van der Waals surface area contributed by atoms with Gasteiger partial charge in [0.05, 0.1) is 13.7 Å². The highest BCUT2D eigenvalue weighted by atomic mass is 16.5. The van der Waals surface area contributed by atoms with Crippen molar-refractivity contribution in [1.29, 1.82) is 0 Å². The van der Waals surface area contributed by atoms with E-state index >= 15 is 0 Å². The van der Waals surface area contributed by atoms with Crippen LogP contribution in [0, 0.1) is 0 Å². The zero-order valence-electron chi connectivity index (χ0n) is 12.0. The highest BCUT2D eigenvalue weighted by Gasteiger charge is 2.06. The van der Waals surface area contributed by atoms with E-state index in [9.17, 15) is 0 Å². The van der Waals surface area contributed by atoms with Crippen LogP contribution in [0.3, 0.4) is 0 Å². The van der Waals surface area contributed by atoms with Gasteiger partial charge in [0.1, 0.15) is 0 Å². The van der Waals surface area contributed by atoms with Gasteiger partial charge < -0.3 is 14.8 Å². The highest BCUT2D eigenvalue weighted by Crippen LogP contribution is 2.27. The summed E-state index contributed by atoms with van der Waals surface area (Å²) in [6.45, 7) is 7.92. The van der Waals surface area contributed by atoms with Crippen LogP contribution in [-0.4, -0.2) is 19.8 Å². The number of nitrogens with one attached hydrogen (secondary N) is 1. The molecule has 1 aromatic carbocycles. The van der Waals surface area contributed by atoms with Crippen molar-refractivity contribution in [3.05, 3.63) is 23.8 Å². The van der Waals surface area contributed by atoms with Crippen LogP contribution in [0.4, 0.5) is 0 Å². The quantitative estimate of drug-likeness (QED) is 0.768. The van der Waals surface area contributed by atoms with Gasteiger partial charge in [0.15, 0.2) is 11.5 Å². The lowest BCUT2D eigenvalue weighted by Crippen LogP contribution is -2.25. The monoisotopic (exact) mass is 251 g/mol. The van der Waals surface area contributed by atoms with E-state index < -0.39 is 0 Å². The number of hydrogen-bond donors (Lipinski definition) is 1. The molecule has 0 heterocycles. The minimum Gasteiger partial charge on any atom is -0.493 e. The van der Waals surface area contributed by atoms with Gasteiger partial charge in [0, 0.05) is 12.6 Å². The van der Waals surface area contributed by atoms with Gasteiger partial charge in [-0.05, 0) is 38.0 Å². The first-order valence-corrected chi connectivity index (χ1v) is 6.74. The van der Waals surface area contributed by atoms with E-state index in [4.69, 9.17) is 9.47 Å². The van der Waals surface area contributed by atoms with Crippen LogP contribution in [0.25, 0.3) is 0 Å². The van der Waals surface area contributed by atoms with Crippen LogP contribution in [-0.2, 0) is 6.54 Å². The zero-order valence-corrected chi connectivity index (χ0v) is 12.0. The van der Waals surface area contributed by atoms with Crippen molar-refractivity contribution in [2.75, 3.05) is 13.7 Å². The maximum atomic E-state index is 5.50. The average Bonchev–Trinajstić information content (AvgIpc) is 2.38. The van der Waals surface area contributed by atoms with Crippen LogP contribution in [0.5, 0.6) is 11.5 Å². The van der Waals surface area contributed by atoms with Crippen molar-refractivity contribution >= 4 is 0 Å². The summed E-state index contributed by atoms with van der Waals surface area (Å²) < 4.78 is 10.8. The fourth-order valence-electron chi connectivity index (χ4n) is 1.92. The van der Waals surface area contributed by atoms with Crippen LogP contribution >= 0.6 is 0 Å². The third-order valence-electron chi connectivity index (χ3n) is 2.90. The molecule has 1 N–H and O–H groups in total. The first-order valence-electron chi connectivity index (χ1n) is 6.74. The molecule has 1 aromatic rings. The molecule has 0 spiro atoms. The molecule has 1 atom stereocenters. The lowest BCUT2D eigenvalue weighted by Gasteiger charge is -2.14. The standard InChI is InChI=1S/C15H25NO2/c1-5-7-12(3)16-11-13-8-9-14(18-6-2)15(10-13)17-4/h8-10,12,16H,5-7,11H2,1-4H3. The molecule has 1 unspecified atom stereocenters. The van der Waals surface area contributed by atoms with E-state index in [0.717, 1.165) is 18.0 Å². The predicted octanol–water partition coefficient (Wildman–Crippen LogP) is 3.37. The molecule has 3 nitrogen and oxygen atoms in total. The minimum atomic E-state index is 0.549. The Balaban J connectivity index is 2.61. The Morgan fingerprint density at radius 3 is 2.61 bits per heavy atom. The number of ether oxygens (including phenoxy) is 2. The average molecular weight is 251 g/mol. The molecule has 0 saturated carbocycles. The summed E-state index contributed by atoms with van der Waals surface area (Å²) in [7, 11) is 1.68. The van der Waals surface area contributed by atoms with E-state index in [1.807, 2.05) is 19.1 Å². The molecule has 102 valence electrons. The SMILES string of the molecule is CCCC(C)NCc1ccc(OCC)c(OC)c1. The third-order valence-corrected chi connectivity index (χ3v) is 2.90. The number of benzene rings is 1. The van der Waals surface area contributed by atoms with Crippen molar-refractivity contribution in [1.82, 2.24) is 5.32 Å². The zero-order chi connectivity index (χ0) is 13.4. The van der Waals surface area contributed by atoms with E-state index in [0.29, 0.717) is 12.6 Å². The van der Waals surface area contributed by atoms with Gasteiger partial charge in [0.25, 0.3) is 0 Å². The van der Waals surface area contributed by atoms with Crippen molar-refractivity contribution in [2.24, 2.45) is 0 Å². The summed E-state index contributed by atoms with van der Waals surface area (Å²) >= 11 is 0. The summed E-state index contributed by atoms with van der Waals surface area (Å²) in [6.07, 6.45) is 2.41. The minimum absolute atomic E-state index is 0.549. The number of hydrogen-bond acceptors (Lipinski definition) is 3. The van der Waals surface area contributed by atoms with Crippen molar-refractivity contribution < 1.29 is 9.47 Å². The fourth-order valence-corrected chi connectivity index (χ4v) is 1.92. The molecular weight excluding hydrogens is 226 g/mol. The Bertz CT molecular complexity index is 352. The summed E-state index contributed by atoms with van der Waals surface area (Å²) in [4.78, 5) is 0. The molecule has 3 heteroatoms. The second kappa shape index (κ2) is 7.98. The van der Waals surface area contributed by atoms with Crippen molar-refractivity contribution in [2.45, 2.75) is 46.2 Å². The molecule has 0 aliphatic heterocycles. The molecular formula is C15H25NO2. The number of methoxy groups -OCH3 is 1. The highest BCUT2D eigenvalue weighted by molar-refractivity contribution is 5.42. The molecule has 0 aromatic heterocycles. The van der Waals surface area contributed by atoms with E-state index in [1.54, 1.807) is 7.11 Å². The second-order valence-corrected chi connectivity index (χ2v) is 4.49. The van der Waals surface area contributed by atoms with Crippen molar-refractivity contribution in [3.8, 4) is 11.5 Å². The van der Waals surface area contributed by atoms with E-state index in [-0.39, 0.29) is 0 Å². The van der Waals surface area contributed by atoms with Crippen molar-refractivity contribution in [3.63, 3.8) is 0 Å². The molecule has 18 heavy (non-hydrogen) atoms. The Hall–Kier alpha value is -1.22. The summed E-state index contributed by atoms with van der Waals surface area (Å²) in [5.41, 5.74) is 1.22. The first kappa shape index (κ1) is 14.8. The predicted molar refractivity (Wildman–Crippen MR) is 75.4 cm³/mol. The smallest absolute Gasteiger partial charge is 0.161 e. The van der Waals surface area contributed by atoms with Crippen LogP contribution in [0.15, 0.2) is 18.2 Å². The molecule has 0 amide bonds. The van der Waals surface area contributed by atoms with Gasteiger partial charge in [-0.2, -0.15) is 0 Å². The summed E-state index contributed by atoms with van der Waals surface area (Å²) in [6, 6.07) is 6.65. The van der Waals surface area contributed by atoms with Gasteiger partial charge in [0.2, 0.25) is 0 Å². The Morgan fingerprint density at radius 1 is 1.22 bits per heavy atom. The summed E-state index contributed by atoms with van der Waals surface area (Å²) in [5, 5.41) is 3.51. The third kappa shape index (κ3) is 4.57. The molecule has 1 rings (SSSR count). The number of rotatable bonds is 8. The molecule has 0 saturated heterocycles. The van der Waals surface area contributed by atoms with Gasteiger partial charge in [-0.15, -0.1) is 0 Å². The van der Waals surface area contributed by atoms with Gasteiger partial charge >= 0.3 is 0 Å². The van der Waals surface area contributed by atoms with E-state index in [1.165, 1.54) is 18.4 Å². The summed E-state index contributed by atoms with van der Waals surface area (Å²) in [5.74, 6) is 1.62. The Kier molecular flexibility index (Phi) is 6.58. The van der Waals surface area contributed by atoms with Gasteiger partial charge in [-0.1, -0.05) is 19.4 Å². The topological polar surface area (TPSA) is 30.5 Å². The van der Waals surface area contributed by atoms with Crippen LogP contribution in [0.2, 0.25) is 0 Å². The van der Waals surface area contributed by atoms with Gasteiger partial charge in [-0.3, -0.25) is 0 Å². The lowest BCUT2D eigenvalue weighted by atomic mass is 10.1. The maximum Gasteiger partial charge on any atom is 0.161 e. The van der Waals surface area contributed by atoms with Crippen LogP contribution in [0.1, 0.15) is 39.2 Å². The first-order chi connectivity index (χ1) is 8.71.